The summed E-state index contributed by atoms with van der Waals surface area (Å²) in [6, 6.07) is 6.33. The number of alkyl halides is 1. The lowest BCUT2D eigenvalue weighted by Gasteiger charge is -2.06. The van der Waals surface area contributed by atoms with E-state index in [1.807, 2.05) is 6.92 Å². The Hall–Kier alpha value is -0.830. The first-order valence-electron chi connectivity index (χ1n) is 4.62. The number of carbonyl (C=O) groups is 1. The maximum atomic E-state index is 11.7. The molecule has 0 heterocycles. The highest BCUT2D eigenvalue weighted by molar-refractivity contribution is 9.10. The number of aromatic hydroxyl groups is 1. The Morgan fingerprint density at radius 3 is 2.50 bits per heavy atom. The standard InChI is InChI=1S/C11H13BrO2/c1-2-3-10(12)11(14)8-4-6-9(13)7-5-8/h4-7,10,13H,2-3H2,1H3. The molecule has 3 heteroatoms. The molecule has 1 N–H and O–H groups in total. The van der Waals surface area contributed by atoms with Gasteiger partial charge in [-0.05, 0) is 30.7 Å². The van der Waals surface area contributed by atoms with E-state index in [-0.39, 0.29) is 16.4 Å². The van der Waals surface area contributed by atoms with Crippen LogP contribution in [0.4, 0.5) is 0 Å². The van der Waals surface area contributed by atoms with E-state index in [2.05, 4.69) is 15.9 Å². The molecule has 1 rings (SSSR count). The summed E-state index contributed by atoms with van der Waals surface area (Å²) in [5, 5.41) is 9.06. The fourth-order valence-corrected chi connectivity index (χ4v) is 1.91. The van der Waals surface area contributed by atoms with E-state index in [0.29, 0.717) is 5.56 Å². The third-order valence-corrected chi connectivity index (χ3v) is 2.85. The molecule has 0 aliphatic carbocycles. The summed E-state index contributed by atoms with van der Waals surface area (Å²) in [6.45, 7) is 2.04. The molecule has 0 radical (unpaired) electrons. The van der Waals surface area contributed by atoms with Gasteiger partial charge in [-0.1, -0.05) is 29.3 Å². The predicted molar refractivity (Wildman–Crippen MR) is 60.1 cm³/mol. The van der Waals surface area contributed by atoms with Gasteiger partial charge in [-0.2, -0.15) is 0 Å². The molecule has 0 spiro atoms. The first kappa shape index (κ1) is 11.2. The van der Waals surface area contributed by atoms with Crippen LogP contribution >= 0.6 is 15.9 Å². The molecular weight excluding hydrogens is 244 g/mol. The van der Waals surface area contributed by atoms with Crippen LogP contribution in [0.1, 0.15) is 30.1 Å². The molecule has 2 nitrogen and oxygen atoms in total. The first-order valence-corrected chi connectivity index (χ1v) is 5.54. The Kier molecular flexibility index (Phi) is 4.14. The van der Waals surface area contributed by atoms with Crippen LogP contribution < -0.4 is 0 Å². The molecular formula is C11H13BrO2. The third-order valence-electron chi connectivity index (χ3n) is 1.98. The number of hydrogen-bond acceptors (Lipinski definition) is 2. The van der Waals surface area contributed by atoms with Gasteiger partial charge in [0.25, 0.3) is 0 Å². The topological polar surface area (TPSA) is 37.3 Å². The predicted octanol–water partition coefficient (Wildman–Crippen LogP) is 3.14. The van der Waals surface area contributed by atoms with Gasteiger partial charge >= 0.3 is 0 Å². The largest absolute Gasteiger partial charge is 0.508 e. The number of ketones is 1. The Morgan fingerprint density at radius 1 is 1.43 bits per heavy atom. The van der Waals surface area contributed by atoms with Crippen LogP contribution in [0, 0.1) is 0 Å². The van der Waals surface area contributed by atoms with Gasteiger partial charge in [-0.3, -0.25) is 4.79 Å². The van der Waals surface area contributed by atoms with E-state index in [1.54, 1.807) is 12.1 Å². The number of halogens is 1. The summed E-state index contributed by atoms with van der Waals surface area (Å²) in [6.07, 6.45) is 1.81. The van der Waals surface area contributed by atoms with Crippen molar-refractivity contribution in [2.75, 3.05) is 0 Å². The summed E-state index contributed by atoms with van der Waals surface area (Å²) in [5.74, 6) is 0.259. The second kappa shape index (κ2) is 5.15. The van der Waals surface area contributed by atoms with Gasteiger partial charge in [0.1, 0.15) is 5.75 Å². The van der Waals surface area contributed by atoms with Crippen LogP contribution in [0.5, 0.6) is 5.75 Å². The van der Waals surface area contributed by atoms with E-state index in [1.165, 1.54) is 12.1 Å². The molecule has 76 valence electrons. The molecule has 0 bridgehead atoms. The molecule has 1 atom stereocenters. The van der Waals surface area contributed by atoms with Crippen molar-refractivity contribution in [2.24, 2.45) is 0 Å². The molecule has 0 fully saturated rings. The normalized spacial score (nSPS) is 12.4. The fraction of sp³-hybridized carbons (Fsp3) is 0.364. The summed E-state index contributed by atoms with van der Waals surface area (Å²) < 4.78 is 0. The lowest BCUT2D eigenvalue weighted by molar-refractivity contribution is 0.0988. The van der Waals surface area contributed by atoms with Crippen LogP contribution in [0.15, 0.2) is 24.3 Å². The van der Waals surface area contributed by atoms with Gasteiger partial charge in [0.15, 0.2) is 5.78 Å². The Labute approximate surface area is 92.1 Å². The summed E-state index contributed by atoms with van der Waals surface area (Å²) in [7, 11) is 0. The van der Waals surface area contributed by atoms with Crippen LogP contribution in [-0.2, 0) is 0 Å². The Balaban J connectivity index is 2.74. The van der Waals surface area contributed by atoms with E-state index in [9.17, 15) is 4.79 Å². The Bertz CT molecular complexity index is 306. The lowest BCUT2D eigenvalue weighted by atomic mass is 10.1. The zero-order valence-electron chi connectivity index (χ0n) is 8.03. The number of hydrogen-bond donors (Lipinski definition) is 1. The highest BCUT2D eigenvalue weighted by atomic mass is 79.9. The monoisotopic (exact) mass is 256 g/mol. The van der Waals surface area contributed by atoms with Gasteiger partial charge in [0, 0.05) is 5.56 Å². The number of rotatable bonds is 4. The number of carbonyl (C=O) groups excluding carboxylic acids is 1. The number of benzene rings is 1. The van der Waals surface area contributed by atoms with E-state index in [0.717, 1.165) is 12.8 Å². The van der Waals surface area contributed by atoms with Gasteiger partial charge in [0.2, 0.25) is 0 Å². The van der Waals surface area contributed by atoms with Crippen molar-refractivity contribution in [2.45, 2.75) is 24.6 Å². The first-order chi connectivity index (χ1) is 6.65. The lowest BCUT2D eigenvalue weighted by Crippen LogP contribution is -2.13. The van der Waals surface area contributed by atoms with Crippen molar-refractivity contribution in [3.05, 3.63) is 29.8 Å². The molecule has 1 unspecified atom stereocenters. The van der Waals surface area contributed by atoms with Crippen molar-refractivity contribution in [3.8, 4) is 5.75 Å². The Morgan fingerprint density at radius 2 is 2.00 bits per heavy atom. The van der Waals surface area contributed by atoms with Crippen LogP contribution in [0.2, 0.25) is 0 Å². The van der Waals surface area contributed by atoms with Crippen molar-refractivity contribution in [3.63, 3.8) is 0 Å². The molecule has 14 heavy (non-hydrogen) atoms. The van der Waals surface area contributed by atoms with E-state index >= 15 is 0 Å². The molecule has 0 aliphatic heterocycles. The average Bonchev–Trinajstić information content (AvgIpc) is 2.18. The highest BCUT2D eigenvalue weighted by Crippen LogP contribution is 2.17. The third kappa shape index (κ3) is 2.84. The molecule has 0 aromatic heterocycles. The van der Waals surface area contributed by atoms with Crippen molar-refractivity contribution in [1.29, 1.82) is 0 Å². The molecule has 0 aliphatic rings. The fourth-order valence-electron chi connectivity index (χ4n) is 1.19. The minimum absolute atomic E-state index is 0.0758. The molecule has 0 amide bonds. The maximum absolute atomic E-state index is 11.7. The number of Topliss-reactive ketones (excluding diaryl/α,β-unsaturated/α-hetero) is 1. The van der Waals surface area contributed by atoms with Crippen molar-refractivity contribution in [1.82, 2.24) is 0 Å². The van der Waals surface area contributed by atoms with Crippen LogP contribution in [-0.4, -0.2) is 15.7 Å². The van der Waals surface area contributed by atoms with Crippen LogP contribution in [0.25, 0.3) is 0 Å². The minimum atomic E-state index is -0.114. The zero-order valence-corrected chi connectivity index (χ0v) is 9.62. The van der Waals surface area contributed by atoms with Gasteiger partial charge < -0.3 is 5.11 Å². The average molecular weight is 257 g/mol. The zero-order chi connectivity index (χ0) is 10.6. The molecule has 0 saturated heterocycles. The van der Waals surface area contributed by atoms with E-state index < -0.39 is 0 Å². The van der Waals surface area contributed by atoms with Gasteiger partial charge in [-0.25, -0.2) is 0 Å². The van der Waals surface area contributed by atoms with Gasteiger partial charge in [-0.15, -0.1) is 0 Å². The van der Waals surface area contributed by atoms with Crippen LogP contribution in [0.3, 0.4) is 0 Å². The molecule has 1 aromatic carbocycles. The van der Waals surface area contributed by atoms with Gasteiger partial charge in [0.05, 0.1) is 4.83 Å². The quantitative estimate of drug-likeness (QED) is 0.664. The summed E-state index contributed by atoms with van der Waals surface area (Å²) >= 11 is 3.35. The van der Waals surface area contributed by atoms with Crippen molar-refractivity contribution >= 4 is 21.7 Å². The number of phenols is 1. The second-order valence-electron chi connectivity index (χ2n) is 3.17. The second-order valence-corrected chi connectivity index (χ2v) is 4.27. The van der Waals surface area contributed by atoms with E-state index in [4.69, 9.17) is 5.11 Å². The molecule has 0 saturated carbocycles. The minimum Gasteiger partial charge on any atom is -0.508 e. The van der Waals surface area contributed by atoms with Crippen molar-refractivity contribution < 1.29 is 9.90 Å². The SMILES string of the molecule is CCCC(Br)C(=O)c1ccc(O)cc1. The smallest absolute Gasteiger partial charge is 0.176 e. The maximum Gasteiger partial charge on any atom is 0.176 e. The highest BCUT2D eigenvalue weighted by Gasteiger charge is 2.15. The number of phenolic OH excluding ortho intramolecular Hbond substituents is 1. The summed E-state index contributed by atoms with van der Waals surface area (Å²) in [5.41, 5.74) is 0.637. The molecule has 1 aromatic rings. The summed E-state index contributed by atoms with van der Waals surface area (Å²) in [4.78, 5) is 11.6.